The minimum Gasteiger partial charge on any atom is -0.461 e. The number of halogens is 1. The number of aromatic nitrogens is 3. The van der Waals surface area contributed by atoms with E-state index in [0.717, 1.165) is 5.56 Å². The van der Waals surface area contributed by atoms with Gasteiger partial charge in [0.05, 0.1) is 12.8 Å². The Morgan fingerprint density at radius 3 is 2.84 bits per heavy atom. The molecule has 25 heavy (non-hydrogen) atoms. The summed E-state index contributed by atoms with van der Waals surface area (Å²) in [5, 5.41) is 7.72. The summed E-state index contributed by atoms with van der Waals surface area (Å²) in [7, 11) is 0. The van der Waals surface area contributed by atoms with Gasteiger partial charge in [-0.3, -0.25) is 9.48 Å². The third-order valence-corrected chi connectivity index (χ3v) is 4.05. The van der Waals surface area contributed by atoms with Crippen LogP contribution in [0.3, 0.4) is 0 Å². The molecular formula is C17H19FN4O3. The fraction of sp³-hybridized carbons (Fsp3) is 0.412. The van der Waals surface area contributed by atoms with E-state index in [1.165, 1.54) is 18.3 Å². The number of esters is 1. The van der Waals surface area contributed by atoms with Gasteiger partial charge >= 0.3 is 5.97 Å². The summed E-state index contributed by atoms with van der Waals surface area (Å²) in [4.78, 5) is 25.5. The number of carbonyl (C=O) groups excluding carboxylic acids is 2. The van der Waals surface area contributed by atoms with Gasteiger partial charge in [0.2, 0.25) is 5.91 Å². The van der Waals surface area contributed by atoms with E-state index < -0.39 is 5.97 Å². The van der Waals surface area contributed by atoms with Crippen molar-refractivity contribution in [3.8, 4) is 0 Å². The first-order valence-electron chi connectivity index (χ1n) is 8.14. The van der Waals surface area contributed by atoms with Crippen molar-refractivity contribution in [2.45, 2.75) is 26.4 Å². The summed E-state index contributed by atoms with van der Waals surface area (Å²) >= 11 is 0. The molecule has 8 heteroatoms. The van der Waals surface area contributed by atoms with E-state index in [9.17, 15) is 14.0 Å². The predicted octanol–water partition coefficient (Wildman–Crippen LogP) is 1.64. The zero-order valence-electron chi connectivity index (χ0n) is 13.9. The normalized spacial score (nSPS) is 17.1. The van der Waals surface area contributed by atoms with Crippen LogP contribution in [-0.2, 0) is 22.6 Å². The van der Waals surface area contributed by atoms with Crippen molar-refractivity contribution in [2.75, 3.05) is 13.2 Å². The summed E-state index contributed by atoms with van der Waals surface area (Å²) in [6.45, 7) is 3.55. The quantitative estimate of drug-likeness (QED) is 0.743. The molecule has 3 rings (SSSR count). The van der Waals surface area contributed by atoms with Crippen LogP contribution in [-0.4, -0.2) is 44.9 Å². The standard InChI is InChI=1S/C17H19FN4O3/c1-2-25-17(24)15-11-22(20-19-15)10-13-7-16(23)21(9-13)8-12-3-5-14(18)6-4-12/h3-6,11,13H,2,7-10H2,1H3. The Morgan fingerprint density at radius 2 is 2.12 bits per heavy atom. The highest BCUT2D eigenvalue weighted by Crippen LogP contribution is 2.21. The van der Waals surface area contributed by atoms with Gasteiger partial charge in [0.1, 0.15) is 5.82 Å². The van der Waals surface area contributed by atoms with Crippen molar-refractivity contribution in [3.05, 3.63) is 47.5 Å². The predicted molar refractivity (Wildman–Crippen MR) is 85.9 cm³/mol. The SMILES string of the molecule is CCOC(=O)c1cn(CC2CC(=O)N(Cc3ccc(F)cc3)C2)nn1. The lowest BCUT2D eigenvalue weighted by molar-refractivity contribution is -0.128. The highest BCUT2D eigenvalue weighted by molar-refractivity contribution is 5.86. The summed E-state index contributed by atoms with van der Waals surface area (Å²) < 4.78 is 19.4. The second-order valence-electron chi connectivity index (χ2n) is 6.02. The van der Waals surface area contributed by atoms with E-state index in [-0.39, 0.29) is 29.9 Å². The molecule has 0 spiro atoms. The second kappa shape index (κ2) is 7.42. The Hall–Kier alpha value is -2.77. The molecule has 2 aromatic rings. The van der Waals surface area contributed by atoms with E-state index in [1.807, 2.05) is 0 Å². The zero-order valence-corrected chi connectivity index (χ0v) is 13.9. The van der Waals surface area contributed by atoms with Gasteiger partial charge in [-0.25, -0.2) is 9.18 Å². The fourth-order valence-electron chi connectivity index (χ4n) is 2.89. The Labute approximate surface area is 144 Å². The van der Waals surface area contributed by atoms with Crippen LogP contribution in [0.25, 0.3) is 0 Å². The van der Waals surface area contributed by atoms with Gasteiger partial charge in [-0.2, -0.15) is 0 Å². The Morgan fingerprint density at radius 1 is 1.36 bits per heavy atom. The monoisotopic (exact) mass is 346 g/mol. The number of hydrogen-bond donors (Lipinski definition) is 0. The number of hydrogen-bond acceptors (Lipinski definition) is 5. The molecule has 132 valence electrons. The minimum absolute atomic E-state index is 0.0556. The smallest absolute Gasteiger partial charge is 0.360 e. The molecule has 1 atom stereocenters. The van der Waals surface area contributed by atoms with E-state index in [4.69, 9.17) is 4.74 Å². The molecule has 1 aliphatic heterocycles. The number of benzene rings is 1. The molecule has 0 saturated carbocycles. The van der Waals surface area contributed by atoms with Gasteiger partial charge in [-0.05, 0) is 24.6 Å². The molecule has 1 fully saturated rings. The molecule has 0 N–H and O–H groups in total. The van der Waals surface area contributed by atoms with E-state index in [1.54, 1.807) is 28.6 Å². The second-order valence-corrected chi connectivity index (χ2v) is 6.02. The number of amides is 1. The van der Waals surface area contributed by atoms with Crippen molar-refractivity contribution >= 4 is 11.9 Å². The highest BCUT2D eigenvalue weighted by atomic mass is 19.1. The van der Waals surface area contributed by atoms with Crippen LogP contribution in [0.2, 0.25) is 0 Å². The molecule has 0 aliphatic carbocycles. The summed E-state index contributed by atoms with van der Waals surface area (Å²) in [5.74, 6) is -0.656. The van der Waals surface area contributed by atoms with Crippen LogP contribution in [0.15, 0.2) is 30.5 Å². The fourth-order valence-corrected chi connectivity index (χ4v) is 2.89. The van der Waals surface area contributed by atoms with Gasteiger partial charge < -0.3 is 9.64 Å². The Bertz CT molecular complexity index is 760. The van der Waals surface area contributed by atoms with Crippen molar-refractivity contribution in [1.82, 2.24) is 19.9 Å². The first kappa shape index (κ1) is 17.1. The van der Waals surface area contributed by atoms with Crippen LogP contribution in [0.4, 0.5) is 4.39 Å². The summed E-state index contributed by atoms with van der Waals surface area (Å²) in [6, 6.07) is 6.14. The minimum atomic E-state index is -0.505. The molecule has 1 saturated heterocycles. The van der Waals surface area contributed by atoms with E-state index in [2.05, 4.69) is 10.3 Å². The lowest BCUT2D eigenvalue weighted by atomic mass is 10.1. The maximum absolute atomic E-state index is 13.0. The Balaban J connectivity index is 1.57. The number of likely N-dealkylation sites (tertiary alicyclic amines) is 1. The molecular weight excluding hydrogens is 327 g/mol. The lowest BCUT2D eigenvalue weighted by Crippen LogP contribution is -2.25. The number of nitrogens with zero attached hydrogens (tertiary/aromatic N) is 4. The first-order valence-corrected chi connectivity index (χ1v) is 8.14. The van der Waals surface area contributed by atoms with Crippen LogP contribution in [0.1, 0.15) is 29.4 Å². The van der Waals surface area contributed by atoms with Gasteiger partial charge in [0, 0.05) is 32.0 Å². The van der Waals surface area contributed by atoms with Crippen LogP contribution in [0, 0.1) is 11.7 Å². The average Bonchev–Trinajstić information content (AvgIpc) is 3.17. The molecule has 7 nitrogen and oxygen atoms in total. The van der Waals surface area contributed by atoms with Gasteiger partial charge in [-0.15, -0.1) is 5.10 Å². The molecule has 1 unspecified atom stereocenters. The number of carbonyl (C=O) groups is 2. The summed E-state index contributed by atoms with van der Waals surface area (Å²) in [6.07, 6.45) is 1.95. The average molecular weight is 346 g/mol. The zero-order chi connectivity index (χ0) is 17.8. The summed E-state index contributed by atoms with van der Waals surface area (Å²) in [5.41, 5.74) is 1.05. The molecule has 0 radical (unpaired) electrons. The first-order chi connectivity index (χ1) is 12.0. The molecule has 1 aromatic heterocycles. The molecule has 2 heterocycles. The molecule has 1 amide bonds. The highest BCUT2D eigenvalue weighted by Gasteiger charge is 2.30. The largest absolute Gasteiger partial charge is 0.461 e. The third-order valence-electron chi connectivity index (χ3n) is 4.05. The van der Waals surface area contributed by atoms with Crippen LogP contribution in [0.5, 0.6) is 0 Å². The lowest BCUT2D eigenvalue weighted by Gasteiger charge is -2.16. The molecule has 1 aliphatic rings. The van der Waals surface area contributed by atoms with Crippen molar-refractivity contribution in [3.63, 3.8) is 0 Å². The van der Waals surface area contributed by atoms with Gasteiger partial charge in [-0.1, -0.05) is 17.3 Å². The molecule has 0 bridgehead atoms. The van der Waals surface area contributed by atoms with Crippen LogP contribution >= 0.6 is 0 Å². The maximum Gasteiger partial charge on any atom is 0.360 e. The van der Waals surface area contributed by atoms with Crippen molar-refractivity contribution in [1.29, 1.82) is 0 Å². The topological polar surface area (TPSA) is 77.3 Å². The number of ether oxygens (including phenoxy) is 1. The Kier molecular flexibility index (Phi) is 5.06. The van der Waals surface area contributed by atoms with E-state index >= 15 is 0 Å². The van der Waals surface area contributed by atoms with E-state index in [0.29, 0.717) is 26.1 Å². The van der Waals surface area contributed by atoms with Crippen molar-refractivity contribution in [2.24, 2.45) is 5.92 Å². The maximum atomic E-state index is 13.0. The van der Waals surface area contributed by atoms with Gasteiger partial charge in [0.25, 0.3) is 0 Å². The van der Waals surface area contributed by atoms with Crippen molar-refractivity contribution < 1.29 is 18.7 Å². The number of rotatable bonds is 6. The third kappa shape index (κ3) is 4.20. The van der Waals surface area contributed by atoms with Crippen LogP contribution < -0.4 is 0 Å². The molecule has 1 aromatic carbocycles. The van der Waals surface area contributed by atoms with Gasteiger partial charge in [0.15, 0.2) is 5.69 Å².